The summed E-state index contributed by atoms with van der Waals surface area (Å²) in [6, 6.07) is 26.2. The van der Waals surface area contributed by atoms with Gasteiger partial charge in [-0.25, -0.2) is 0 Å². The van der Waals surface area contributed by atoms with Crippen LogP contribution in [0, 0.1) is 0 Å². The second-order valence-corrected chi connectivity index (χ2v) is 13.1. The Morgan fingerprint density at radius 1 is 0.345 bits per heavy atom. The first-order valence-electron chi connectivity index (χ1n) is 19.6. The Morgan fingerprint density at radius 3 is 0.966 bits per heavy atom. The molecule has 4 aromatic carbocycles. The molecular weight excluding hydrogens is 748 g/mol. The van der Waals surface area contributed by atoms with Crippen LogP contribution in [0.5, 0.6) is 23.0 Å². The Bertz CT molecular complexity index is 1710. The fourth-order valence-electron chi connectivity index (χ4n) is 5.75. The summed E-state index contributed by atoms with van der Waals surface area (Å²) in [7, 11) is 0. The first-order chi connectivity index (χ1) is 28.7. The lowest BCUT2D eigenvalue weighted by Crippen LogP contribution is -2.13. The van der Waals surface area contributed by atoms with Gasteiger partial charge in [0.1, 0.15) is 26.4 Å². The van der Waals surface area contributed by atoms with E-state index in [2.05, 4.69) is 20.5 Å². The summed E-state index contributed by atoms with van der Waals surface area (Å²) < 4.78 is 56.8. The average molecular weight is 801 g/mol. The van der Waals surface area contributed by atoms with Gasteiger partial charge < -0.3 is 52.5 Å². The molecule has 6 rings (SSSR count). The minimum Gasteiger partial charge on any atom is -0.487 e. The van der Waals surface area contributed by atoms with Crippen LogP contribution in [-0.4, -0.2) is 117 Å². The highest BCUT2D eigenvalue weighted by Gasteiger charge is 2.11. The maximum atomic E-state index is 10.9. The summed E-state index contributed by atoms with van der Waals surface area (Å²) in [5.74, 6) is 2.30. The van der Waals surface area contributed by atoms with E-state index in [1.165, 1.54) is 0 Å². The zero-order chi connectivity index (χ0) is 39.9. The third-order valence-corrected chi connectivity index (χ3v) is 8.66. The lowest BCUT2D eigenvalue weighted by Gasteiger charge is -2.13. The molecule has 0 saturated carbocycles. The molecule has 15 heteroatoms. The molecule has 0 aliphatic carbocycles. The lowest BCUT2D eigenvalue weighted by atomic mass is 10.0. The van der Waals surface area contributed by atoms with Gasteiger partial charge in [0.15, 0.2) is 23.0 Å². The number of nitrogens with zero attached hydrogens (tertiary/aromatic N) is 4. The SMILES string of the molecule is OC(Cc1ccc(N=Nc2ccc3c(c2)OCCOCCOCCOCCO3)cc1)Cc1ccc(N=Nc2ccc3c(c2)OCCOCCOCCOCCO3)cc1. The standard InChI is InChI=1S/C43H52N4O11/c48-39(29-33-1-5-35(6-2-33)44-46-37-9-11-40-42(31-37)57-27-23-53-19-15-49-13-17-51-21-25-55-40)30-34-3-7-36(8-4-34)45-47-38-10-12-41-43(32-38)58-28-24-54-20-16-50-14-18-52-22-26-56-41/h1-12,31-32,39,48H,13-30H2. The van der Waals surface area contributed by atoms with E-state index in [0.29, 0.717) is 164 Å². The molecule has 0 spiro atoms. The van der Waals surface area contributed by atoms with Crippen molar-refractivity contribution in [2.75, 3.05) is 106 Å². The molecule has 0 atom stereocenters. The number of hydrogen-bond donors (Lipinski definition) is 1. The van der Waals surface area contributed by atoms with Crippen molar-refractivity contribution in [3.8, 4) is 23.0 Å². The Morgan fingerprint density at radius 2 is 0.621 bits per heavy atom. The lowest BCUT2D eigenvalue weighted by molar-refractivity contribution is 0.00708. The van der Waals surface area contributed by atoms with Crippen LogP contribution in [0.4, 0.5) is 22.7 Å². The van der Waals surface area contributed by atoms with Crippen molar-refractivity contribution in [3.63, 3.8) is 0 Å². The van der Waals surface area contributed by atoms with Crippen LogP contribution in [0.25, 0.3) is 0 Å². The number of aliphatic hydroxyl groups excluding tert-OH is 1. The molecule has 15 nitrogen and oxygen atoms in total. The summed E-state index contributed by atoms with van der Waals surface area (Å²) >= 11 is 0. The molecule has 4 aromatic rings. The first-order valence-corrected chi connectivity index (χ1v) is 19.6. The van der Waals surface area contributed by atoms with Gasteiger partial charge in [0, 0.05) is 12.1 Å². The molecule has 2 aliphatic heterocycles. The Balaban J connectivity index is 0.974. The van der Waals surface area contributed by atoms with E-state index in [1.54, 1.807) is 12.1 Å². The topological polar surface area (TPSA) is 162 Å². The monoisotopic (exact) mass is 800 g/mol. The molecule has 58 heavy (non-hydrogen) atoms. The zero-order valence-corrected chi connectivity index (χ0v) is 32.7. The van der Waals surface area contributed by atoms with Crippen molar-refractivity contribution in [1.29, 1.82) is 0 Å². The van der Waals surface area contributed by atoms with Gasteiger partial charge in [-0.3, -0.25) is 0 Å². The van der Waals surface area contributed by atoms with Gasteiger partial charge in [0.2, 0.25) is 0 Å². The Labute approximate surface area is 338 Å². The molecule has 2 heterocycles. The Hall–Kier alpha value is -5.00. The highest BCUT2D eigenvalue weighted by molar-refractivity contribution is 5.53. The summed E-state index contributed by atoms with van der Waals surface area (Å²) in [5, 5.41) is 28.5. The maximum Gasteiger partial charge on any atom is 0.163 e. The first kappa shape index (κ1) is 42.6. The fourth-order valence-corrected chi connectivity index (χ4v) is 5.75. The van der Waals surface area contributed by atoms with Gasteiger partial charge >= 0.3 is 0 Å². The number of hydrogen-bond acceptors (Lipinski definition) is 15. The predicted molar refractivity (Wildman–Crippen MR) is 214 cm³/mol. The largest absolute Gasteiger partial charge is 0.487 e. The fraction of sp³-hybridized carbons (Fsp3) is 0.442. The van der Waals surface area contributed by atoms with E-state index in [4.69, 9.17) is 47.4 Å². The van der Waals surface area contributed by atoms with Crippen molar-refractivity contribution < 1.29 is 52.5 Å². The number of fused-ring (bicyclic) bond motifs is 2. The third-order valence-electron chi connectivity index (χ3n) is 8.66. The van der Waals surface area contributed by atoms with Crippen molar-refractivity contribution >= 4 is 22.7 Å². The van der Waals surface area contributed by atoms with Crippen molar-refractivity contribution in [3.05, 3.63) is 96.1 Å². The maximum absolute atomic E-state index is 10.9. The molecular formula is C43H52N4O11. The van der Waals surface area contributed by atoms with Crippen molar-refractivity contribution in [2.45, 2.75) is 18.9 Å². The predicted octanol–water partition coefficient (Wildman–Crippen LogP) is 7.31. The Kier molecular flexibility index (Phi) is 18.1. The van der Waals surface area contributed by atoms with E-state index < -0.39 is 6.10 Å². The van der Waals surface area contributed by atoms with E-state index in [-0.39, 0.29) is 0 Å². The number of rotatable bonds is 8. The zero-order valence-electron chi connectivity index (χ0n) is 32.7. The van der Waals surface area contributed by atoms with Crippen LogP contribution < -0.4 is 18.9 Å². The molecule has 0 aromatic heterocycles. The second-order valence-electron chi connectivity index (χ2n) is 13.1. The normalized spacial score (nSPS) is 17.7. The van der Waals surface area contributed by atoms with Crippen LogP contribution in [0.2, 0.25) is 0 Å². The molecule has 0 saturated heterocycles. The summed E-state index contributed by atoms with van der Waals surface area (Å²) in [6.45, 7) is 7.19. The van der Waals surface area contributed by atoms with Crippen molar-refractivity contribution in [1.82, 2.24) is 0 Å². The van der Waals surface area contributed by atoms with Gasteiger partial charge in [-0.1, -0.05) is 24.3 Å². The van der Waals surface area contributed by atoms with Gasteiger partial charge in [0.25, 0.3) is 0 Å². The van der Waals surface area contributed by atoms with Crippen LogP contribution in [0.3, 0.4) is 0 Å². The van der Waals surface area contributed by atoms with Gasteiger partial charge in [-0.05, 0) is 72.5 Å². The van der Waals surface area contributed by atoms with E-state index in [9.17, 15) is 5.11 Å². The van der Waals surface area contributed by atoms with E-state index >= 15 is 0 Å². The average Bonchev–Trinajstić information content (AvgIpc) is 3.26. The minimum absolute atomic E-state index is 0.355. The molecule has 0 amide bonds. The van der Waals surface area contributed by atoms with E-state index in [0.717, 1.165) is 11.1 Å². The summed E-state index contributed by atoms with van der Waals surface area (Å²) in [6.07, 6.45) is 0.398. The molecule has 2 aliphatic rings. The second kappa shape index (κ2) is 24.7. The smallest absolute Gasteiger partial charge is 0.163 e. The summed E-state index contributed by atoms with van der Waals surface area (Å²) in [5.41, 5.74) is 4.58. The number of ether oxygens (including phenoxy) is 10. The van der Waals surface area contributed by atoms with Crippen LogP contribution in [0.1, 0.15) is 11.1 Å². The van der Waals surface area contributed by atoms with Crippen LogP contribution >= 0.6 is 0 Å². The molecule has 310 valence electrons. The molecule has 0 fully saturated rings. The number of aliphatic hydroxyl groups is 1. The van der Waals surface area contributed by atoms with Crippen molar-refractivity contribution in [2.24, 2.45) is 20.5 Å². The van der Waals surface area contributed by atoms with Crippen LogP contribution in [-0.2, 0) is 41.3 Å². The third kappa shape index (κ3) is 15.4. The molecule has 1 N–H and O–H groups in total. The quantitative estimate of drug-likeness (QED) is 0.178. The van der Waals surface area contributed by atoms with Gasteiger partial charge in [0.05, 0.1) is 108 Å². The minimum atomic E-state index is -0.576. The summed E-state index contributed by atoms with van der Waals surface area (Å²) in [4.78, 5) is 0. The van der Waals surface area contributed by atoms with Crippen LogP contribution in [0.15, 0.2) is 105 Å². The highest BCUT2D eigenvalue weighted by atomic mass is 16.6. The van der Waals surface area contributed by atoms with E-state index in [1.807, 2.05) is 72.8 Å². The molecule has 0 bridgehead atoms. The molecule has 0 radical (unpaired) electrons. The highest BCUT2D eigenvalue weighted by Crippen LogP contribution is 2.34. The molecule has 0 unspecified atom stereocenters. The van der Waals surface area contributed by atoms with Gasteiger partial charge in [-0.15, -0.1) is 0 Å². The number of benzene rings is 4. The van der Waals surface area contributed by atoms with Gasteiger partial charge in [-0.2, -0.15) is 20.5 Å². The number of azo groups is 2.